The van der Waals surface area contributed by atoms with Crippen LogP contribution in [0.4, 0.5) is 0 Å². The standard InChI is InChI=1S/C15H13NO4/c1-9-10(5-4-6-11(9)8-16)7-12-13(17)19-15(2,3)20-14(12)18/h4-7H,1-3H3. The minimum atomic E-state index is -1.25. The topological polar surface area (TPSA) is 76.4 Å². The molecule has 0 aliphatic carbocycles. The van der Waals surface area contributed by atoms with E-state index in [9.17, 15) is 9.59 Å². The van der Waals surface area contributed by atoms with Gasteiger partial charge < -0.3 is 9.47 Å². The van der Waals surface area contributed by atoms with Crippen molar-refractivity contribution in [3.8, 4) is 6.07 Å². The summed E-state index contributed by atoms with van der Waals surface area (Å²) in [6.45, 7) is 4.72. The molecule has 0 N–H and O–H groups in total. The summed E-state index contributed by atoms with van der Waals surface area (Å²) < 4.78 is 10.0. The number of hydrogen-bond acceptors (Lipinski definition) is 5. The van der Waals surface area contributed by atoms with Crippen LogP contribution in [-0.4, -0.2) is 17.7 Å². The van der Waals surface area contributed by atoms with Gasteiger partial charge in [-0.2, -0.15) is 5.26 Å². The molecule has 0 aromatic heterocycles. The molecular formula is C15H13NO4. The number of ether oxygens (including phenoxy) is 2. The van der Waals surface area contributed by atoms with Crippen LogP contribution in [0.2, 0.25) is 0 Å². The molecule has 1 saturated heterocycles. The Bertz CT molecular complexity index is 643. The highest BCUT2D eigenvalue weighted by molar-refractivity contribution is 6.18. The summed E-state index contributed by atoms with van der Waals surface area (Å²) in [5, 5.41) is 8.97. The molecule has 1 aliphatic heterocycles. The fourth-order valence-electron chi connectivity index (χ4n) is 1.86. The lowest BCUT2D eigenvalue weighted by molar-refractivity contribution is -0.222. The fraction of sp³-hybridized carbons (Fsp3) is 0.267. The van der Waals surface area contributed by atoms with E-state index < -0.39 is 17.7 Å². The zero-order valence-electron chi connectivity index (χ0n) is 11.4. The van der Waals surface area contributed by atoms with Crippen LogP contribution in [0.3, 0.4) is 0 Å². The number of cyclic esters (lactones) is 2. The monoisotopic (exact) mass is 271 g/mol. The molecule has 1 fully saturated rings. The van der Waals surface area contributed by atoms with Crippen LogP contribution < -0.4 is 0 Å². The van der Waals surface area contributed by atoms with Gasteiger partial charge in [0.15, 0.2) is 0 Å². The number of nitrogens with zero attached hydrogens (tertiary/aromatic N) is 1. The number of carbonyl (C=O) groups is 2. The Morgan fingerprint density at radius 1 is 1.20 bits per heavy atom. The predicted octanol–water partition coefficient (Wildman–Crippen LogP) is 2.09. The van der Waals surface area contributed by atoms with E-state index in [2.05, 4.69) is 0 Å². The molecule has 0 spiro atoms. The first-order chi connectivity index (χ1) is 9.34. The third-order valence-electron chi connectivity index (χ3n) is 2.91. The SMILES string of the molecule is Cc1c(C#N)cccc1C=C1C(=O)OC(C)(C)OC1=O. The Morgan fingerprint density at radius 3 is 2.35 bits per heavy atom. The molecule has 0 radical (unpaired) electrons. The Kier molecular flexibility index (Phi) is 3.33. The van der Waals surface area contributed by atoms with Crippen LogP contribution in [0.1, 0.15) is 30.5 Å². The van der Waals surface area contributed by atoms with Crippen molar-refractivity contribution in [3.63, 3.8) is 0 Å². The van der Waals surface area contributed by atoms with Gasteiger partial charge in [-0.25, -0.2) is 9.59 Å². The maximum atomic E-state index is 11.8. The third kappa shape index (κ3) is 2.54. The van der Waals surface area contributed by atoms with E-state index in [4.69, 9.17) is 14.7 Å². The molecule has 20 heavy (non-hydrogen) atoms. The second-order valence-corrected chi connectivity index (χ2v) is 4.87. The van der Waals surface area contributed by atoms with Gasteiger partial charge in [0.2, 0.25) is 0 Å². The van der Waals surface area contributed by atoms with E-state index in [1.807, 2.05) is 6.07 Å². The summed E-state index contributed by atoms with van der Waals surface area (Å²) in [6.07, 6.45) is 1.38. The van der Waals surface area contributed by atoms with Crippen LogP contribution in [0.25, 0.3) is 6.08 Å². The van der Waals surface area contributed by atoms with Gasteiger partial charge in [-0.15, -0.1) is 0 Å². The number of carbonyl (C=O) groups excluding carboxylic acids is 2. The molecule has 102 valence electrons. The van der Waals surface area contributed by atoms with Crippen molar-refractivity contribution < 1.29 is 19.1 Å². The Hall–Kier alpha value is -2.61. The molecule has 1 aromatic carbocycles. The second kappa shape index (κ2) is 4.82. The summed E-state index contributed by atoms with van der Waals surface area (Å²) in [4.78, 5) is 23.7. The predicted molar refractivity (Wildman–Crippen MR) is 70.1 cm³/mol. The summed E-state index contributed by atoms with van der Waals surface area (Å²) in [6, 6.07) is 7.11. The quantitative estimate of drug-likeness (QED) is 0.444. The maximum absolute atomic E-state index is 11.8. The zero-order valence-corrected chi connectivity index (χ0v) is 11.4. The van der Waals surface area contributed by atoms with Gasteiger partial charge >= 0.3 is 11.9 Å². The molecular weight excluding hydrogens is 258 g/mol. The second-order valence-electron chi connectivity index (χ2n) is 4.87. The van der Waals surface area contributed by atoms with E-state index in [0.29, 0.717) is 16.7 Å². The molecule has 0 saturated carbocycles. The van der Waals surface area contributed by atoms with Crippen LogP contribution in [-0.2, 0) is 19.1 Å². The van der Waals surface area contributed by atoms with Crippen molar-refractivity contribution in [1.29, 1.82) is 5.26 Å². The molecule has 5 nitrogen and oxygen atoms in total. The van der Waals surface area contributed by atoms with Gasteiger partial charge in [0.1, 0.15) is 5.57 Å². The summed E-state index contributed by atoms with van der Waals surface area (Å²) in [5.41, 5.74) is 1.60. The number of hydrogen-bond donors (Lipinski definition) is 0. The zero-order chi connectivity index (χ0) is 14.9. The number of rotatable bonds is 1. The minimum absolute atomic E-state index is 0.178. The smallest absolute Gasteiger partial charge is 0.348 e. The van der Waals surface area contributed by atoms with Gasteiger partial charge in [0.05, 0.1) is 11.6 Å². The average Bonchev–Trinajstić information content (AvgIpc) is 2.34. The normalized spacial score (nSPS) is 17.0. The van der Waals surface area contributed by atoms with Crippen LogP contribution in [0.5, 0.6) is 0 Å². The minimum Gasteiger partial charge on any atom is -0.419 e. The highest BCUT2D eigenvalue weighted by Crippen LogP contribution is 2.25. The van der Waals surface area contributed by atoms with Crippen molar-refractivity contribution in [2.45, 2.75) is 26.6 Å². The number of nitriles is 1. The molecule has 0 atom stereocenters. The van der Waals surface area contributed by atoms with E-state index >= 15 is 0 Å². The van der Waals surface area contributed by atoms with Crippen LogP contribution in [0, 0.1) is 18.3 Å². The van der Waals surface area contributed by atoms with Crippen molar-refractivity contribution in [2.24, 2.45) is 0 Å². The largest absolute Gasteiger partial charge is 0.419 e. The van der Waals surface area contributed by atoms with Gasteiger partial charge in [0, 0.05) is 13.8 Å². The summed E-state index contributed by atoms with van der Waals surface area (Å²) >= 11 is 0. The van der Waals surface area contributed by atoms with Crippen molar-refractivity contribution in [1.82, 2.24) is 0 Å². The number of esters is 2. The first-order valence-electron chi connectivity index (χ1n) is 6.02. The van der Waals surface area contributed by atoms with Gasteiger partial charge in [-0.1, -0.05) is 12.1 Å². The lowest BCUT2D eigenvalue weighted by atomic mass is 10.0. The highest BCUT2D eigenvalue weighted by Gasteiger charge is 2.38. The summed E-state index contributed by atoms with van der Waals surface area (Å²) in [5.74, 6) is -2.71. The van der Waals surface area contributed by atoms with Gasteiger partial charge in [0.25, 0.3) is 5.79 Å². The molecule has 1 aliphatic rings. The van der Waals surface area contributed by atoms with E-state index in [-0.39, 0.29) is 5.57 Å². The molecule has 1 heterocycles. The molecule has 1 aromatic rings. The Balaban J connectivity index is 2.44. The lowest BCUT2D eigenvalue weighted by Crippen LogP contribution is -2.41. The summed E-state index contributed by atoms with van der Waals surface area (Å²) in [7, 11) is 0. The first-order valence-corrected chi connectivity index (χ1v) is 6.02. The third-order valence-corrected chi connectivity index (χ3v) is 2.91. The van der Waals surface area contributed by atoms with E-state index in [0.717, 1.165) is 0 Å². The van der Waals surface area contributed by atoms with Gasteiger partial charge in [-0.3, -0.25) is 0 Å². The van der Waals surface area contributed by atoms with Crippen LogP contribution >= 0.6 is 0 Å². The molecule has 2 rings (SSSR count). The van der Waals surface area contributed by atoms with Crippen molar-refractivity contribution in [2.75, 3.05) is 0 Å². The Labute approximate surface area is 116 Å². The lowest BCUT2D eigenvalue weighted by Gasteiger charge is -2.29. The Morgan fingerprint density at radius 2 is 1.80 bits per heavy atom. The molecule has 0 bridgehead atoms. The highest BCUT2D eigenvalue weighted by atomic mass is 16.7. The molecule has 0 amide bonds. The van der Waals surface area contributed by atoms with E-state index in [1.54, 1.807) is 25.1 Å². The van der Waals surface area contributed by atoms with Crippen molar-refractivity contribution >= 4 is 18.0 Å². The number of benzene rings is 1. The van der Waals surface area contributed by atoms with Crippen LogP contribution in [0.15, 0.2) is 23.8 Å². The van der Waals surface area contributed by atoms with Gasteiger partial charge in [-0.05, 0) is 30.2 Å². The molecule has 0 unspecified atom stereocenters. The maximum Gasteiger partial charge on any atom is 0.348 e. The molecule has 5 heteroatoms. The first kappa shape index (κ1) is 13.8. The fourth-order valence-corrected chi connectivity index (χ4v) is 1.86. The average molecular weight is 271 g/mol. The van der Waals surface area contributed by atoms with Crippen molar-refractivity contribution in [3.05, 3.63) is 40.5 Å². The van der Waals surface area contributed by atoms with E-state index in [1.165, 1.54) is 19.9 Å².